The quantitative estimate of drug-likeness (QED) is 0.651. The third-order valence-electron chi connectivity index (χ3n) is 3.44. The van der Waals surface area contributed by atoms with Gasteiger partial charge in [-0.2, -0.15) is 0 Å². The van der Waals surface area contributed by atoms with Crippen LogP contribution >= 0.6 is 22.9 Å². The molecule has 0 fully saturated rings. The van der Waals surface area contributed by atoms with E-state index in [1.807, 2.05) is 48.7 Å². The van der Waals surface area contributed by atoms with Gasteiger partial charge in [0.2, 0.25) is 0 Å². The van der Waals surface area contributed by atoms with Crippen LogP contribution in [0.5, 0.6) is 5.75 Å². The summed E-state index contributed by atoms with van der Waals surface area (Å²) in [6, 6.07) is 11.9. The van der Waals surface area contributed by atoms with Crippen molar-refractivity contribution < 1.29 is 4.74 Å². The molecule has 24 heavy (non-hydrogen) atoms. The van der Waals surface area contributed by atoms with E-state index >= 15 is 0 Å². The van der Waals surface area contributed by atoms with Crippen molar-refractivity contribution in [2.75, 3.05) is 18.5 Å². The average Bonchev–Trinajstić information content (AvgIpc) is 3.06. The lowest BCUT2D eigenvalue weighted by Crippen LogP contribution is -2.06. The van der Waals surface area contributed by atoms with Crippen molar-refractivity contribution in [1.29, 1.82) is 0 Å². The fourth-order valence-corrected chi connectivity index (χ4v) is 3.19. The van der Waals surface area contributed by atoms with Crippen LogP contribution in [0.4, 0.5) is 5.82 Å². The summed E-state index contributed by atoms with van der Waals surface area (Å²) in [7, 11) is 0. The average molecular weight is 360 g/mol. The molecule has 2 aromatic heterocycles. The first kappa shape index (κ1) is 16.7. The molecule has 0 aliphatic carbocycles. The molecule has 0 atom stereocenters. The van der Waals surface area contributed by atoms with Crippen molar-refractivity contribution in [3.63, 3.8) is 0 Å². The van der Waals surface area contributed by atoms with Gasteiger partial charge < -0.3 is 10.1 Å². The van der Waals surface area contributed by atoms with Gasteiger partial charge >= 0.3 is 0 Å². The summed E-state index contributed by atoms with van der Waals surface area (Å²) in [6.07, 6.45) is 2.49. The number of halogens is 1. The van der Waals surface area contributed by atoms with Crippen LogP contribution in [0.2, 0.25) is 5.02 Å². The van der Waals surface area contributed by atoms with Gasteiger partial charge in [-0.15, -0.1) is 11.3 Å². The maximum atomic E-state index is 5.90. The summed E-state index contributed by atoms with van der Waals surface area (Å²) >= 11 is 7.52. The predicted molar refractivity (Wildman–Crippen MR) is 100 cm³/mol. The van der Waals surface area contributed by atoms with Crippen LogP contribution in [0.25, 0.3) is 10.6 Å². The Balaban J connectivity index is 1.61. The zero-order valence-electron chi connectivity index (χ0n) is 13.3. The number of thiophene rings is 1. The highest BCUT2D eigenvalue weighted by molar-refractivity contribution is 7.13. The first-order chi connectivity index (χ1) is 11.7. The minimum Gasteiger partial charge on any atom is -0.493 e. The summed E-state index contributed by atoms with van der Waals surface area (Å²) in [4.78, 5) is 9.70. The molecule has 6 heteroatoms. The number of benzene rings is 1. The summed E-state index contributed by atoms with van der Waals surface area (Å²) in [5.41, 5.74) is 2.13. The largest absolute Gasteiger partial charge is 0.493 e. The number of hydrogen-bond acceptors (Lipinski definition) is 5. The number of nitrogens with one attached hydrogen (secondary N) is 1. The van der Waals surface area contributed by atoms with Crippen LogP contribution in [0.1, 0.15) is 12.5 Å². The van der Waals surface area contributed by atoms with Crippen LogP contribution in [0.3, 0.4) is 0 Å². The second-order valence-corrected chi connectivity index (χ2v) is 6.52. The molecular formula is C18H18ClN3OS. The molecule has 1 aromatic carbocycles. The first-order valence-corrected chi connectivity index (χ1v) is 9.02. The Morgan fingerprint density at radius 2 is 2.00 bits per heavy atom. The predicted octanol–water partition coefficient (Wildman–Crippen LogP) is 4.91. The summed E-state index contributed by atoms with van der Waals surface area (Å²) in [6.45, 7) is 3.44. The van der Waals surface area contributed by atoms with Crippen LogP contribution in [0.15, 0.2) is 48.1 Å². The number of ether oxygens (including phenoxy) is 1. The normalized spacial score (nSPS) is 10.6. The maximum absolute atomic E-state index is 5.90. The monoisotopic (exact) mass is 359 g/mol. The molecule has 0 unspecified atom stereocenters. The van der Waals surface area contributed by atoms with E-state index in [1.165, 1.54) is 5.56 Å². The Bertz CT molecular complexity index is 789. The Morgan fingerprint density at radius 1 is 1.17 bits per heavy atom. The molecule has 0 bridgehead atoms. The van der Waals surface area contributed by atoms with Crippen molar-refractivity contribution >= 4 is 28.8 Å². The van der Waals surface area contributed by atoms with Gasteiger partial charge in [0.15, 0.2) is 0 Å². The molecule has 3 aromatic rings. The van der Waals surface area contributed by atoms with Gasteiger partial charge in [0.05, 0.1) is 17.2 Å². The molecular weight excluding hydrogens is 342 g/mol. The minimum absolute atomic E-state index is 0.664. The third kappa shape index (κ3) is 4.46. The van der Waals surface area contributed by atoms with Crippen LogP contribution in [-0.4, -0.2) is 23.1 Å². The zero-order valence-corrected chi connectivity index (χ0v) is 14.9. The number of nitrogens with zero attached hydrogens (tertiary/aromatic N) is 2. The van der Waals surface area contributed by atoms with Crippen molar-refractivity contribution in [3.05, 3.63) is 58.7 Å². The molecule has 0 aliphatic heterocycles. The van der Waals surface area contributed by atoms with Crippen molar-refractivity contribution in [2.24, 2.45) is 0 Å². The van der Waals surface area contributed by atoms with E-state index in [-0.39, 0.29) is 0 Å². The molecule has 4 nitrogen and oxygen atoms in total. The van der Waals surface area contributed by atoms with Gasteiger partial charge in [0, 0.05) is 29.1 Å². The number of rotatable bonds is 7. The first-order valence-electron chi connectivity index (χ1n) is 7.76. The maximum Gasteiger partial charge on any atom is 0.130 e. The number of hydrogen-bond donors (Lipinski definition) is 1. The molecule has 0 saturated carbocycles. The van der Waals surface area contributed by atoms with Crippen LogP contribution in [0, 0.1) is 0 Å². The van der Waals surface area contributed by atoms with Gasteiger partial charge in [-0.1, -0.05) is 23.7 Å². The minimum atomic E-state index is 0.664. The van der Waals surface area contributed by atoms with Crippen LogP contribution in [-0.2, 0) is 6.42 Å². The molecule has 0 saturated heterocycles. The third-order valence-corrected chi connectivity index (χ3v) is 4.62. The molecule has 124 valence electrons. The topological polar surface area (TPSA) is 47.0 Å². The van der Waals surface area contributed by atoms with E-state index in [1.54, 1.807) is 17.7 Å². The molecule has 0 spiro atoms. The van der Waals surface area contributed by atoms with Crippen molar-refractivity contribution in [3.8, 4) is 16.3 Å². The van der Waals surface area contributed by atoms with E-state index in [0.29, 0.717) is 6.61 Å². The van der Waals surface area contributed by atoms with E-state index in [0.717, 1.165) is 40.1 Å². The van der Waals surface area contributed by atoms with Gasteiger partial charge in [0.1, 0.15) is 17.9 Å². The molecule has 0 aliphatic rings. The highest BCUT2D eigenvalue weighted by Gasteiger charge is 2.06. The lowest BCUT2D eigenvalue weighted by molar-refractivity contribution is 0.342. The highest BCUT2D eigenvalue weighted by Crippen LogP contribution is 2.30. The molecule has 1 N–H and O–H groups in total. The van der Waals surface area contributed by atoms with E-state index in [2.05, 4.69) is 15.3 Å². The number of anilines is 1. The van der Waals surface area contributed by atoms with E-state index < -0.39 is 0 Å². The van der Waals surface area contributed by atoms with Gasteiger partial charge in [-0.3, -0.25) is 0 Å². The molecule has 0 radical (unpaired) electrons. The zero-order chi connectivity index (χ0) is 16.8. The van der Waals surface area contributed by atoms with Gasteiger partial charge in [-0.25, -0.2) is 9.97 Å². The Hall–Kier alpha value is -2.11. The van der Waals surface area contributed by atoms with Crippen molar-refractivity contribution in [1.82, 2.24) is 9.97 Å². The Kier molecular flexibility index (Phi) is 5.67. The standard InChI is InChI=1S/C18H18ClN3OS/c1-2-23-15-9-17(24-11-15)16-10-18(22-12-21-16)20-8-7-13-3-5-14(19)6-4-13/h3-6,9-12H,2,7-8H2,1H3,(H,20,21,22). The van der Waals surface area contributed by atoms with Crippen molar-refractivity contribution in [2.45, 2.75) is 13.3 Å². The summed E-state index contributed by atoms with van der Waals surface area (Å²) < 4.78 is 5.50. The van der Waals surface area contributed by atoms with Crippen LogP contribution < -0.4 is 10.1 Å². The molecule has 3 rings (SSSR count). The SMILES string of the molecule is CCOc1csc(-c2cc(NCCc3ccc(Cl)cc3)ncn2)c1. The second kappa shape index (κ2) is 8.13. The van der Waals surface area contributed by atoms with E-state index in [9.17, 15) is 0 Å². The lowest BCUT2D eigenvalue weighted by atomic mass is 10.1. The smallest absolute Gasteiger partial charge is 0.130 e. The Morgan fingerprint density at radius 3 is 2.79 bits per heavy atom. The molecule has 0 amide bonds. The van der Waals surface area contributed by atoms with E-state index in [4.69, 9.17) is 16.3 Å². The molecule has 2 heterocycles. The lowest BCUT2D eigenvalue weighted by Gasteiger charge is -2.06. The summed E-state index contributed by atoms with van der Waals surface area (Å²) in [5.74, 6) is 1.70. The Labute approximate surface area is 150 Å². The summed E-state index contributed by atoms with van der Waals surface area (Å²) in [5, 5.41) is 6.09. The fraction of sp³-hybridized carbons (Fsp3) is 0.222. The van der Waals surface area contributed by atoms with Gasteiger partial charge in [-0.05, 0) is 31.0 Å². The number of aromatic nitrogens is 2. The highest BCUT2D eigenvalue weighted by atomic mass is 35.5. The van der Waals surface area contributed by atoms with Gasteiger partial charge in [0.25, 0.3) is 0 Å². The second-order valence-electron chi connectivity index (χ2n) is 5.17. The fourth-order valence-electron chi connectivity index (χ4n) is 2.27.